The van der Waals surface area contributed by atoms with Crippen molar-refractivity contribution in [1.82, 2.24) is 0 Å². The number of hydrogen-bond donors (Lipinski definition) is 0. The highest BCUT2D eigenvalue weighted by atomic mass is 19.2. The maximum atomic E-state index is 14.1. The van der Waals surface area contributed by atoms with Crippen LogP contribution in [-0.4, -0.2) is 13.1 Å². The minimum Gasteiger partial charge on any atom is -0.420 e. The largest absolute Gasteiger partial charge is 0.420 e. The SMILES string of the molecule is CCCCCCCCCc1ccc(C(=O)Oc2ccc(COC)c(F)c2F)cc1. The van der Waals surface area contributed by atoms with Crippen LogP contribution in [0.3, 0.4) is 0 Å². The Hall–Kier alpha value is -2.27. The van der Waals surface area contributed by atoms with Crippen LogP contribution in [0.15, 0.2) is 36.4 Å². The summed E-state index contributed by atoms with van der Waals surface area (Å²) in [7, 11) is 1.39. The zero-order chi connectivity index (χ0) is 21.1. The number of aryl methyl sites for hydroxylation is 1. The van der Waals surface area contributed by atoms with E-state index in [1.54, 1.807) is 12.1 Å². The average Bonchev–Trinajstić information content (AvgIpc) is 2.73. The summed E-state index contributed by atoms with van der Waals surface area (Å²) < 4.78 is 37.9. The highest BCUT2D eigenvalue weighted by molar-refractivity contribution is 5.91. The summed E-state index contributed by atoms with van der Waals surface area (Å²) in [4.78, 5) is 12.2. The molecule has 0 aliphatic heterocycles. The average molecular weight is 404 g/mol. The topological polar surface area (TPSA) is 35.5 Å². The van der Waals surface area contributed by atoms with E-state index in [1.807, 2.05) is 12.1 Å². The molecular weight excluding hydrogens is 374 g/mol. The third-order valence-electron chi connectivity index (χ3n) is 4.89. The highest BCUT2D eigenvalue weighted by Gasteiger charge is 2.18. The monoisotopic (exact) mass is 404 g/mol. The smallest absolute Gasteiger partial charge is 0.343 e. The van der Waals surface area contributed by atoms with Crippen LogP contribution in [0.1, 0.15) is 73.4 Å². The van der Waals surface area contributed by atoms with Gasteiger partial charge in [0.15, 0.2) is 11.6 Å². The van der Waals surface area contributed by atoms with Crippen molar-refractivity contribution in [2.75, 3.05) is 7.11 Å². The molecule has 0 unspecified atom stereocenters. The van der Waals surface area contributed by atoms with Crippen LogP contribution in [0.5, 0.6) is 5.75 Å². The molecule has 0 aromatic heterocycles. The molecular formula is C24H30F2O3. The maximum absolute atomic E-state index is 14.1. The van der Waals surface area contributed by atoms with Crippen molar-refractivity contribution >= 4 is 5.97 Å². The van der Waals surface area contributed by atoms with Gasteiger partial charge >= 0.3 is 5.97 Å². The first-order valence-corrected chi connectivity index (χ1v) is 10.3. The predicted molar refractivity (Wildman–Crippen MR) is 110 cm³/mol. The quantitative estimate of drug-likeness (QED) is 0.226. The molecule has 0 atom stereocenters. The van der Waals surface area contributed by atoms with Crippen LogP contribution in [0.4, 0.5) is 8.78 Å². The number of benzene rings is 2. The number of esters is 1. The minimum absolute atomic E-state index is 0.0584. The first-order valence-electron chi connectivity index (χ1n) is 10.3. The van der Waals surface area contributed by atoms with Crippen molar-refractivity contribution < 1.29 is 23.0 Å². The molecule has 0 bridgehead atoms. The molecule has 0 aliphatic carbocycles. The number of rotatable bonds is 12. The van der Waals surface area contributed by atoms with Gasteiger partial charge in [-0.25, -0.2) is 9.18 Å². The van der Waals surface area contributed by atoms with Gasteiger partial charge in [-0.2, -0.15) is 4.39 Å². The van der Waals surface area contributed by atoms with Gasteiger partial charge < -0.3 is 9.47 Å². The van der Waals surface area contributed by atoms with E-state index in [0.717, 1.165) is 18.4 Å². The third-order valence-corrected chi connectivity index (χ3v) is 4.89. The van der Waals surface area contributed by atoms with Gasteiger partial charge in [0.05, 0.1) is 12.2 Å². The zero-order valence-corrected chi connectivity index (χ0v) is 17.3. The lowest BCUT2D eigenvalue weighted by Gasteiger charge is -2.09. The molecule has 0 aliphatic rings. The Morgan fingerprint density at radius 2 is 1.52 bits per heavy atom. The summed E-state index contributed by atoms with van der Waals surface area (Å²) in [6.45, 7) is 2.16. The normalized spacial score (nSPS) is 10.9. The molecule has 0 spiro atoms. The molecule has 0 heterocycles. The third kappa shape index (κ3) is 7.24. The summed E-state index contributed by atoms with van der Waals surface area (Å²) >= 11 is 0. The van der Waals surface area contributed by atoms with E-state index < -0.39 is 23.4 Å². The Balaban J connectivity index is 1.85. The number of hydrogen-bond acceptors (Lipinski definition) is 3. The van der Waals surface area contributed by atoms with Gasteiger partial charge in [-0.3, -0.25) is 0 Å². The number of carbonyl (C=O) groups excluding carboxylic acids is 1. The van der Waals surface area contributed by atoms with Crippen LogP contribution < -0.4 is 4.74 Å². The van der Waals surface area contributed by atoms with Crippen molar-refractivity contribution in [2.45, 2.75) is 64.9 Å². The molecule has 2 aromatic carbocycles. The fourth-order valence-electron chi connectivity index (χ4n) is 3.17. The predicted octanol–water partition coefficient (Wildman–Crippen LogP) is 6.62. The van der Waals surface area contributed by atoms with Gasteiger partial charge in [0.2, 0.25) is 5.82 Å². The van der Waals surface area contributed by atoms with E-state index in [-0.39, 0.29) is 12.2 Å². The van der Waals surface area contributed by atoms with E-state index in [0.29, 0.717) is 5.56 Å². The van der Waals surface area contributed by atoms with Crippen molar-refractivity contribution in [2.24, 2.45) is 0 Å². The van der Waals surface area contributed by atoms with Crippen LogP contribution in [-0.2, 0) is 17.8 Å². The molecule has 2 aromatic rings. The molecule has 5 heteroatoms. The van der Waals surface area contributed by atoms with Gasteiger partial charge in [-0.15, -0.1) is 0 Å². The Labute approximate surface area is 172 Å². The summed E-state index contributed by atoms with van der Waals surface area (Å²) in [6.07, 6.45) is 9.72. The van der Waals surface area contributed by atoms with E-state index in [1.165, 1.54) is 57.8 Å². The number of carbonyl (C=O) groups is 1. The van der Waals surface area contributed by atoms with Crippen LogP contribution >= 0.6 is 0 Å². The summed E-state index contributed by atoms with van der Waals surface area (Å²) in [5.41, 5.74) is 1.52. The number of ether oxygens (including phenoxy) is 2. The fourth-order valence-corrected chi connectivity index (χ4v) is 3.17. The summed E-state index contributed by atoms with van der Waals surface area (Å²) in [5, 5.41) is 0. The molecule has 0 saturated heterocycles. The van der Waals surface area contributed by atoms with Crippen molar-refractivity contribution in [1.29, 1.82) is 0 Å². The van der Waals surface area contributed by atoms with Gasteiger partial charge in [-0.1, -0.05) is 57.6 Å². The standard InChI is InChI=1S/C24H30F2O3/c1-3-4-5-6-7-8-9-10-18-11-13-19(14-12-18)24(27)29-21-16-15-20(17-28-2)22(25)23(21)26/h11-16H,3-10,17H2,1-2H3. The first kappa shape index (κ1) is 23.0. The van der Waals surface area contributed by atoms with E-state index >= 15 is 0 Å². The number of methoxy groups -OCH3 is 1. The number of unbranched alkanes of at least 4 members (excludes halogenated alkanes) is 6. The van der Waals surface area contributed by atoms with Crippen LogP contribution in [0.2, 0.25) is 0 Å². The molecule has 2 rings (SSSR count). The van der Waals surface area contributed by atoms with E-state index in [2.05, 4.69) is 6.92 Å². The Kier molecular flexibility index (Phi) is 9.78. The van der Waals surface area contributed by atoms with Crippen molar-refractivity contribution in [3.05, 3.63) is 64.7 Å². The molecule has 29 heavy (non-hydrogen) atoms. The molecule has 0 fully saturated rings. The summed E-state index contributed by atoms with van der Waals surface area (Å²) in [5.74, 6) is -3.41. The van der Waals surface area contributed by atoms with Gasteiger partial charge in [-0.05, 0) is 42.7 Å². The van der Waals surface area contributed by atoms with E-state index in [4.69, 9.17) is 9.47 Å². The molecule has 0 saturated carbocycles. The molecule has 158 valence electrons. The maximum Gasteiger partial charge on any atom is 0.343 e. The molecule has 0 amide bonds. The Morgan fingerprint density at radius 3 is 2.17 bits per heavy atom. The lowest BCUT2D eigenvalue weighted by atomic mass is 10.0. The lowest BCUT2D eigenvalue weighted by Crippen LogP contribution is -2.11. The Morgan fingerprint density at radius 1 is 0.862 bits per heavy atom. The van der Waals surface area contributed by atoms with Gasteiger partial charge in [0, 0.05) is 12.7 Å². The van der Waals surface area contributed by atoms with Crippen LogP contribution in [0, 0.1) is 11.6 Å². The highest BCUT2D eigenvalue weighted by Crippen LogP contribution is 2.24. The minimum atomic E-state index is -1.19. The van der Waals surface area contributed by atoms with E-state index in [9.17, 15) is 13.6 Å². The number of halogens is 2. The summed E-state index contributed by atoms with van der Waals surface area (Å²) in [6, 6.07) is 9.66. The fraction of sp³-hybridized carbons (Fsp3) is 0.458. The van der Waals surface area contributed by atoms with Crippen molar-refractivity contribution in [3.63, 3.8) is 0 Å². The molecule has 3 nitrogen and oxygen atoms in total. The lowest BCUT2D eigenvalue weighted by molar-refractivity contribution is 0.0726. The Bertz CT molecular complexity index is 772. The molecule has 0 N–H and O–H groups in total. The second-order valence-corrected chi connectivity index (χ2v) is 7.24. The first-order chi connectivity index (χ1) is 14.1. The zero-order valence-electron chi connectivity index (χ0n) is 17.3. The second kappa shape index (κ2) is 12.3. The van der Waals surface area contributed by atoms with Crippen LogP contribution in [0.25, 0.3) is 0 Å². The van der Waals surface area contributed by atoms with Gasteiger partial charge in [0.1, 0.15) is 0 Å². The second-order valence-electron chi connectivity index (χ2n) is 7.24. The molecule has 0 radical (unpaired) electrons. The van der Waals surface area contributed by atoms with Crippen molar-refractivity contribution in [3.8, 4) is 5.75 Å². The van der Waals surface area contributed by atoms with Gasteiger partial charge in [0.25, 0.3) is 0 Å².